The second-order valence-electron chi connectivity index (χ2n) is 5.01. The number of pyridine rings is 1. The monoisotopic (exact) mass is 291 g/mol. The molecule has 20 heavy (non-hydrogen) atoms. The van der Waals surface area contributed by atoms with Crippen LogP contribution in [-0.2, 0) is 0 Å². The van der Waals surface area contributed by atoms with Gasteiger partial charge in [0.05, 0.1) is 14.2 Å². The van der Waals surface area contributed by atoms with Crippen molar-refractivity contribution >= 4 is 11.8 Å². The third-order valence-corrected chi connectivity index (χ3v) is 4.63. The van der Waals surface area contributed by atoms with Crippen molar-refractivity contribution in [3.63, 3.8) is 0 Å². The van der Waals surface area contributed by atoms with Crippen molar-refractivity contribution in [3.8, 4) is 11.6 Å². The van der Waals surface area contributed by atoms with Crippen molar-refractivity contribution in [2.24, 2.45) is 5.92 Å². The van der Waals surface area contributed by atoms with E-state index in [-0.39, 0.29) is 0 Å². The summed E-state index contributed by atoms with van der Waals surface area (Å²) < 4.78 is 10.4. The molecule has 1 aliphatic carbocycles. The van der Waals surface area contributed by atoms with E-state index in [1.807, 2.05) is 12.3 Å². The summed E-state index contributed by atoms with van der Waals surface area (Å²) in [4.78, 5) is 5.36. The van der Waals surface area contributed by atoms with E-state index in [0.29, 0.717) is 17.5 Å². The van der Waals surface area contributed by atoms with E-state index in [0.717, 1.165) is 17.1 Å². The largest absolute Gasteiger partial charge is 0.491 e. The second-order valence-corrected chi connectivity index (χ2v) is 6.06. The summed E-state index contributed by atoms with van der Waals surface area (Å²) in [5.41, 5.74) is 2.94. The Bertz CT molecular complexity index is 537. The van der Waals surface area contributed by atoms with Crippen molar-refractivity contribution in [3.05, 3.63) is 35.6 Å². The van der Waals surface area contributed by atoms with Crippen LogP contribution in [0.2, 0.25) is 0 Å². The fourth-order valence-electron chi connectivity index (χ4n) is 2.11. The number of thioether (sulfide) groups is 1. The van der Waals surface area contributed by atoms with Gasteiger partial charge in [0.2, 0.25) is 0 Å². The maximum absolute atomic E-state index is 5.27. The first-order valence-electron chi connectivity index (χ1n) is 6.71. The zero-order valence-corrected chi connectivity index (χ0v) is 13.3. The Morgan fingerprint density at radius 1 is 1.30 bits per heavy atom. The molecule has 0 saturated carbocycles. The molecule has 0 bridgehead atoms. The van der Waals surface area contributed by atoms with Crippen LogP contribution in [0.15, 0.2) is 40.5 Å². The third-order valence-electron chi connectivity index (χ3n) is 3.56. The van der Waals surface area contributed by atoms with Gasteiger partial charge < -0.3 is 9.47 Å². The van der Waals surface area contributed by atoms with Crippen molar-refractivity contribution in [1.29, 1.82) is 0 Å². The first-order valence-corrected chi connectivity index (χ1v) is 7.69. The molecule has 1 aromatic heterocycles. The van der Waals surface area contributed by atoms with Crippen LogP contribution in [0.4, 0.5) is 0 Å². The van der Waals surface area contributed by atoms with Crippen LogP contribution in [-0.4, -0.2) is 25.0 Å². The maximum atomic E-state index is 5.27. The van der Waals surface area contributed by atoms with Gasteiger partial charge in [-0.25, -0.2) is 4.98 Å². The summed E-state index contributed by atoms with van der Waals surface area (Å²) in [5.74, 6) is 2.85. The van der Waals surface area contributed by atoms with E-state index in [4.69, 9.17) is 9.47 Å². The Hall–Kier alpha value is -1.42. The first kappa shape index (κ1) is 15.0. The summed E-state index contributed by atoms with van der Waals surface area (Å²) in [6.07, 6.45) is 7.46. The van der Waals surface area contributed by atoms with Crippen molar-refractivity contribution in [2.75, 3.05) is 20.0 Å². The van der Waals surface area contributed by atoms with E-state index in [2.05, 4.69) is 31.0 Å². The molecule has 108 valence electrons. The smallest absolute Gasteiger partial charge is 0.256 e. The molecule has 1 unspecified atom stereocenters. The predicted molar refractivity (Wildman–Crippen MR) is 83.7 cm³/mol. The molecule has 4 heteroatoms. The van der Waals surface area contributed by atoms with E-state index < -0.39 is 0 Å². The molecular weight excluding hydrogens is 270 g/mol. The lowest BCUT2D eigenvalue weighted by atomic mass is 9.90. The lowest BCUT2D eigenvalue weighted by Gasteiger charge is -2.19. The highest BCUT2D eigenvalue weighted by atomic mass is 32.2. The van der Waals surface area contributed by atoms with Crippen LogP contribution in [0.25, 0.3) is 0 Å². The van der Waals surface area contributed by atoms with Gasteiger partial charge in [-0.3, -0.25) is 0 Å². The van der Waals surface area contributed by atoms with Crippen LogP contribution in [0, 0.1) is 5.92 Å². The van der Waals surface area contributed by atoms with Gasteiger partial charge in [-0.05, 0) is 19.3 Å². The minimum atomic E-state index is 0.529. The Balaban J connectivity index is 2.01. The topological polar surface area (TPSA) is 31.4 Å². The molecule has 0 radical (unpaired) electrons. The quantitative estimate of drug-likeness (QED) is 0.764. The highest BCUT2D eigenvalue weighted by Gasteiger charge is 2.12. The summed E-state index contributed by atoms with van der Waals surface area (Å²) in [6, 6.07) is 1.98. The molecular formula is C16H21NO2S. The van der Waals surface area contributed by atoms with E-state index >= 15 is 0 Å². The SMILES string of the molecule is COc1cc(SCC2=CC=C(C)C(C)C2)cnc1OC. The molecule has 0 aromatic carbocycles. The molecule has 1 heterocycles. The fourth-order valence-corrected chi connectivity index (χ4v) is 3.00. The van der Waals surface area contributed by atoms with Gasteiger partial charge in [-0.15, -0.1) is 11.8 Å². The Kier molecular flexibility index (Phi) is 5.12. The number of aromatic nitrogens is 1. The number of hydrogen-bond donors (Lipinski definition) is 0. The van der Waals surface area contributed by atoms with Crippen molar-refractivity contribution in [2.45, 2.75) is 25.2 Å². The van der Waals surface area contributed by atoms with E-state index in [1.165, 1.54) is 11.1 Å². The molecule has 0 spiro atoms. The highest BCUT2D eigenvalue weighted by molar-refractivity contribution is 7.99. The second kappa shape index (κ2) is 6.84. The van der Waals surface area contributed by atoms with E-state index in [9.17, 15) is 0 Å². The summed E-state index contributed by atoms with van der Waals surface area (Å²) in [5, 5.41) is 0. The van der Waals surface area contributed by atoms with Gasteiger partial charge in [0.1, 0.15) is 0 Å². The van der Waals surface area contributed by atoms with Crippen molar-refractivity contribution < 1.29 is 9.47 Å². The van der Waals surface area contributed by atoms with Gasteiger partial charge in [0, 0.05) is 22.9 Å². The first-order chi connectivity index (χ1) is 9.63. The Labute approximate surface area is 125 Å². The van der Waals surface area contributed by atoms with Crippen LogP contribution in [0.3, 0.4) is 0 Å². The Morgan fingerprint density at radius 2 is 2.10 bits per heavy atom. The average Bonchev–Trinajstić information content (AvgIpc) is 2.48. The maximum Gasteiger partial charge on any atom is 0.256 e. The summed E-state index contributed by atoms with van der Waals surface area (Å²) in [7, 11) is 3.23. The molecule has 0 fully saturated rings. The number of methoxy groups -OCH3 is 2. The number of hydrogen-bond acceptors (Lipinski definition) is 4. The minimum absolute atomic E-state index is 0.529. The number of rotatable bonds is 5. The van der Waals surface area contributed by atoms with Gasteiger partial charge in [-0.1, -0.05) is 30.2 Å². The van der Waals surface area contributed by atoms with Crippen LogP contribution >= 0.6 is 11.8 Å². The normalized spacial score (nSPS) is 18.3. The Morgan fingerprint density at radius 3 is 2.75 bits per heavy atom. The molecule has 0 aliphatic heterocycles. The average molecular weight is 291 g/mol. The van der Waals surface area contributed by atoms with Gasteiger partial charge in [-0.2, -0.15) is 0 Å². The molecule has 0 amide bonds. The molecule has 1 atom stereocenters. The number of nitrogens with zero attached hydrogens (tertiary/aromatic N) is 1. The summed E-state index contributed by atoms with van der Waals surface area (Å²) in [6.45, 7) is 4.48. The van der Waals surface area contributed by atoms with Crippen LogP contribution < -0.4 is 9.47 Å². The van der Waals surface area contributed by atoms with Gasteiger partial charge >= 0.3 is 0 Å². The molecule has 2 rings (SSSR count). The standard InChI is InChI=1S/C16H21NO2S/c1-11-5-6-13(7-12(11)2)10-20-14-8-15(18-3)16(19-4)17-9-14/h5-6,8-9,12H,7,10H2,1-4H3. The lowest BCUT2D eigenvalue weighted by molar-refractivity contribution is 0.341. The fraction of sp³-hybridized carbons (Fsp3) is 0.438. The van der Waals surface area contributed by atoms with Crippen LogP contribution in [0.5, 0.6) is 11.6 Å². The number of allylic oxidation sites excluding steroid dienone is 3. The lowest BCUT2D eigenvalue weighted by Crippen LogP contribution is -2.04. The highest BCUT2D eigenvalue weighted by Crippen LogP contribution is 2.32. The van der Waals surface area contributed by atoms with Gasteiger partial charge in [0.25, 0.3) is 5.88 Å². The zero-order valence-electron chi connectivity index (χ0n) is 12.5. The number of ether oxygens (including phenoxy) is 2. The van der Waals surface area contributed by atoms with E-state index in [1.54, 1.807) is 26.0 Å². The zero-order chi connectivity index (χ0) is 14.5. The molecule has 1 aliphatic rings. The summed E-state index contributed by atoms with van der Waals surface area (Å²) >= 11 is 1.78. The van der Waals surface area contributed by atoms with Gasteiger partial charge in [0.15, 0.2) is 5.75 Å². The molecule has 0 saturated heterocycles. The predicted octanol–water partition coefficient (Wildman–Crippen LogP) is 4.10. The third kappa shape index (κ3) is 3.57. The minimum Gasteiger partial charge on any atom is -0.491 e. The van der Waals surface area contributed by atoms with Crippen LogP contribution in [0.1, 0.15) is 20.3 Å². The molecule has 1 aromatic rings. The van der Waals surface area contributed by atoms with Crippen molar-refractivity contribution in [1.82, 2.24) is 4.98 Å². The molecule has 0 N–H and O–H groups in total. The molecule has 3 nitrogen and oxygen atoms in total.